The molecule has 1 heterocycles. The Hall–Kier alpha value is -1.06. The molecule has 1 fully saturated rings. The number of piperazine rings is 1. The van der Waals surface area contributed by atoms with Gasteiger partial charge in [0.2, 0.25) is 0 Å². The van der Waals surface area contributed by atoms with Crippen LogP contribution < -0.4 is 10.1 Å². The standard InChI is InChI=1S/C15H24N2O/c1-10-8-14(18-5)11(2)12(3)15(10)13-9-17(4)7-6-16-13/h8,13,16H,6-7,9H2,1-5H3. The second-order valence-electron chi connectivity index (χ2n) is 5.33. The Labute approximate surface area is 110 Å². The van der Waals surface area contributed by atoms with Gasteiger partial charge in [0.15, 0.2) is 0 Å². The van der Waals surface area contributed by atoms with E-state index >= 15 is 0 Å². The lowest BCUT2D eigenvalue weighted by Crippen LogP contribution is -2.44. The molecule has 1 aromatic carbocycles. The summed E-state index contributed by atoms with van der Waals surface area (Å²) in [7, 11) is 3.93. The van der Waals surface area contributed by atoms with Crippen LogP contribution in [0.5, 0.6) is 5.75 Å². The highest BCUT2D eigenvalue weighted by molar-refractivity contribution is 5.49. The van der Waals surface area contributed by atoms with Crippen LogP contribution in [0.2, 0.25) is 0 Å². The summed E-state index contributed by atoms with van der Waals surface area (Å²) in [6, 6.07) is 2.60. The van der Waals surface area contributed by atoms with Crippen molar-refractivity contribution in [2.45, 2.75) is 26.8 Å². The number of likely N-dealkylation sites (N-methyl/N-ethyl adjacent to an activating group) is 1. The molecule has 1 aliphatic heterocycles. The Kier molecular flexibility index (Phi) is 3.93. The van der Waals surface area contributed by atoms with E-state index in [9.17, 15) is 0 Å². The van der Waals surface area contributed by atoms with E-state index in [1.807, 2.05) is 0 Å². The van der Waals surface area contributed by atoms with E-state index in [1.165, 1.54) is 22.3 Å². The molecule has 3 nitrogen and oxygen atoms in total. The third kappa shape index (κ3) is 2.38. The fraction of sp³-hybridized carbons (Fsp3) is 0.600. The van der Waals surface area contributed by atoms with Gasteiger partial charge >= 0.3 is 0 Å². The van der Waals surface area contributed by atoms with Gasteiger partial charge in [0.25, 0.3) is 0 Å². The van der Waals surface area contributed by atoms with E-state index in [-0.39, 0.29) is 0 Å². The fourth-order valence-corrected chi connectivity index (χ4v) is 2.90. The van der Waals surface area contributed by atoms with Crippen molar-refractivity contribution >= 4 is 0 Å². The topological polar surface area (TPSA) is 24.5 Å². The van der Waals surface area contributed by atoms with Crippen LogP contribution in [-0.4, -0.2) is 38.7 Å². The number of ether oxygens (including phenoxy) is 1. The van der Waals surface area contributed by atoms with Gasteiger partial charge in [-0.3, -0.25) is 0 Å². The summed E-state index contributed by atoms with van der Waals surface area (Å²) in [6.07, 6.45) is 0. The zero-order chi connectivity index (χ0) is 13.3. The molecule has 3 heteroatoms. The molecule has 1 aromatic rings. The molecule has 0 bridgehead atoms. The van der Waals surface area contributed by atoms with Crippen molar-refractivity contribution in [3.63, 3.8) is 0 Å². The zero-order valence-electron chi connectivity index (χ0n) is 12.1. The van der Waals surface area contributed by atoms with E-state index in [4.69, 9.17) is 4.74 Å². The van der Waals surface area contributed by atoms with E-state index in [0.29, 0.717) is 6.04 Å². The molecule has 2 rings (SSSR count). The smallest absolute Gasteiger partial charge is 0.122 e. The lowest BCUT2D eigenvalue weighted by atomic mass is 9.91. The first-order valence-corrected chi connectivity index (χ1v) is 6.61. The number of aryl methyl sites for hydroxylation is 1. The Balaban J connectivity index is 2.41. The number of nitrogens with one attached hydrogen (secondary N) is 1. The molecule has 1 atom stereocenters. The van der Waals surface area contributed by atoms with Gasteiger partial charge in [-0.05, 0) is 56.1 Å². The van der Waals surface area contributed by atoms with Gasteiger partial charge in [0, 0.05) is 25.7 Å². The highest BCUT2D eigenvalue weighted by Gasteiger charge is 2.23. The summed E-state index contributed by atoms with van der Waals surface area (Å²) in [5, 5.41) is 3.63. The van der Waals surface area contributed by atoms with Crippen molar-refractivity contribution in [3.05, 3.63) is 28.3 Å². The molecule has 1 aliphatic rings. The van der Waals surface area contributed by atoms with Crippen LogP contribution in [0.25, 0.3) is 0 Å². The maximum absolute atomic E-state index is 5.44. The molecule has 1 saturated heterocycles. The lowest BCUT2D eigenvalue weighted by Gasteiger charge is -2.33. The monoisotopic (exact) mass is 248 g/mol. The largest absolute Gasteiger partial charge is 0.496 e. The van der Waals surface area contributed by atoms with Crippen LogP contribution in [0, 0.1) is 20.8 Å². The molecular formula is C15H24N2O. The minimum Gasteiger partial charge on any atom is -0.496 e. The maximum Gasteiger partial charge on any atom is 0.122 e. The van der Waals surface area contributed by atoms with E-state index < -0.39 is 0 Å². The predicted molar refractivity (Wildman–Crippen MR) is 75.4 cm³/mol. The lowest BCUT2D eigenvalue weighted by molar-refractivity contribution is 0.240. The van der Waals surface area contributed by atoms with Gasteiger partial charge in [0.05, 0.1) is 7.11 Å². The number of benzene rings is 1. The Bertz CT molecular complexity index is 443. The van der Waals surface area contributed by atoms with Crippen molar-refractivity contribution in [2.75, 3.05) is 33.8 Å². The van der Waals surface area contributed by atoms with Gasteiger partial charge in [-0.25, -0.2) is 0 Å². The van der Waals surface area contributed by atoms with Gasteiger partial charge in [-0.1, -0.05) is 0 Å². The quantitative estimate of drug-likeness (QED) is 0.868. The van der Waals surface area contributed by atoms with Crippen LogP contribution in [0.1, 0.15) is 28.3 Å². The first kappa shape index (κ1) is 13.4. The normalized spacial score (nSPS) is 21.1. The number of hydrogen-bond acceptors (Lipinski definition) is 3. The van der Waals surface area contributed by atoms with Crippen LogP contribution >= 0.6 is 0 Å². The van der Waals surface area contributed by atoms with E-state index in [0.717, 1.165) is 25.4 Å². The highest BCUT2D eigenvalue weighted by Crippen LogP contribution is 2.32. The van der Waals surface area contributed by atoms with Gasteiger partial charge in [-0.15, -0.1) is 0 Å². The van der Waals surface area contributed by atoms with Gasteiger partial charge in [-0.2, -0.15) is 0 Å². The molecule has 100 valence electrons. The maximum atomic E-state index is 5.44. The average Bonchev–Trinajstić information content (AvgIpc) is 2.34. The van der Waals surface area contributed by atoms with Crippen LogP contribution in [0.4, 0.5) is 0 Å². The second-order valence-corrected chi connectivity index (χ2v) is 5.33. The first-order chi connectivity index (χ1) is 8.54. The van der Waals surface area contributed by atoms with Gasteiger partial charge in [0.1, 0.15) is 5.75 Å². The molecular weight excluding hydrogens is 224 g/mol. The summed E-state index contributed by atoms with van der Waals surface area (Å²) in [4.78, 5) is 2.39. The summed E-state index contributed by atoms with van der Waals surface area (Å²) in [5.74, 6) is 0.998. The molecule has 0 aliphatic carbocycles. The Morgan fingerprint density at radius 1 is 1.28 bits per heavy atom. The van der Waals surface area contributed by atoms with Crippen molar-refractivity contribution < 1.29 is 4.74 Å². The van der Waals surface area contributed by atoms with Crippen LogP contribution in [-0.2, 0) is 0 Å². The molecule has 18 heavy (non-hydrogen) atoms. The summed E-state index contributed by atoms with van der Waals surface area (Å²) in [6.45, 7) is 9.79. The average molecular weight is 248 g/mol. The molecule has 0 radical (unpaired) electrons. The second kappa shape index (κ2) is 5.29. The summed E-state index contributed by atoms with van der Waals surface area (Å²) < 4.78 is 5.44. The first-order valence-electron chi connectivity index (χ1n) is 6.61. The predicted octanol–water partition coefficient (Wildman–Crippen LogP) is 2.20. The molecule has 0 spiro atoms. The number of hydrogen-bond donors (Lipinski definition) is 1. The third-order valence-corrected chi connectivity index (χ3v) is 4.06. The van der Waals surface area contributed by atoms with Crippen molar-refractivity contribution in [1.29, 1.82) is 0 Å². The van der Waals surface area contributed by atoms with Crippen LogP contribution in [0.3, 0.4) is 0 Å². The Morgan fingerprint density at radius 3 is 2.61 bits per heavy atom. The number of nitrogens with zero attached hydrogens (tertiary/aromatic N) is 1. The fourth-order valence-electron chi connectivity index (χ4n) is 2.90. The van der Waals surface area contributed by atoms with E-state index in [1.54, 1.807) is 7.11 Å². The summed E-state index contributed by atoms with van der Waals surface area (Å²) >= 11 is 0. The number of rotatable bonds is 2. The molecule has 1 unspecified atom stereocenters. The Morgan fingerprint density at radius 2 is 2.00 bits per heavy atom. The summed E-state index contributed by atoms with van der Waals surface area (Å²) in [5.41, 5.74) is 5.38. The van der Waals surface area contributed by atoms with Gasteiger partial charge < -0.3 is 15.0 Å². The third-order valence-electron chi connectivity index (χ3n) is 4.06. The highest BCUT2D eigenvalue weighted by atomic mass is 16.5. The van der Waals surface area contributed by atoms with E-state index in [2.05, 4.69) is 44.1 Å². The number of methoxy groups -OCH3 is 1. The van der Waals surface area contributed by atoms with Crippen molar-refractivity contribution in [1.82, 2.24) is 10.2 Å². The minimum atomic E-state index is 0.438. The van der Waals surface area contributed by atoms with Crippen LogP contribution in [0.15, 0.2) is 6.07 Å². The zero-order valence-corrected chi connectivity index (χ0v) is 12.1. The molecule has 1 N–H and O–H groups in total. The molecule has 0 saturated carbocycles. The SMILES string of the molecule is COc1cc(C)c(C2CN(C)CCN2)c(C)c1C. The molecule has 0 amide bonds. The minimum absolute atomic E-state index is 0.438. The molecule has 0 aromatic heterocycles. The van der Waals surface area contributed by atoms with Crippen molar-refractivity contribution in [2.24, 2.45) is 0 Å². The van der Waals surface area contributed by atoms with Crippen molar-refractivity contribution in [3.8, 4) is 5.75 Å².